The van der Waals surface area contributed by atoms with Gasteiger partial charge in [0.05, 0.1) is 6.42 Å². The van der Waals surface area contributed by atoms with Crippen LogP contribution >= 0.6 is 12.2 Å². The molecule has 0 spiro atoms. The van der Waals surface area contributed by atoms with Crippen molar-refractivity contribution in [1.82, 2.24) is 10.2 Å². The minimum Gasteiger partial charge on any atom is -0.387 e. The molecule has 0 aromatic heterocycles. The number of amides is 2. The fourth-order valence-electron chi connectivity index (χ4n) is 1.87. The molecule has 6 heteroatoms. The second-order valence-electron chi connectivity index (χ2n) is 3.90. The topological polar surface area (TPSA) is 75.4 Å². The van der Waals surface area contributed by atoms with Gasteiger partial charge in [0.1, 0.15) is 6.04 Å². The number of rotatable bonds is 6. The second kappa shape index (κ2) is 6.34. The van der Waals surface area contributed by atoms with Gasteiger partial charge < -0.3 is 16.0 Å². The van der Waals surface area contributed by atoms with Crippen molar-refractivity contribution in [2.24, 2.45) is 5.73 Å². The van der Waals surface area contributed by atoms with E-state index in [1.54, 1.807) is 11.6 Å². The Labute approximate surface area is 106 Å². The highest BCUT2D eigenvalue weighted by molar-refractivity contribution is 7.79. The lowest BCUT2D eigenvalue weighted by Crippen LogP contribution is -2.44. The molecule has 0 radical (unpaired) electrons. The van der Waals surface area contributed by atoms with Crippen LogP contribution in [0.2, 0.25) is 0 Å². The lowest BCUT2D eigenvalue weighted by Gasteiger charge is -2.23. The molecule has 0 bridgehead atoms. The largest absolute Gasteiger partial charge is 0.387 e. The molecule has 5 nitrogen and oxygen atoms in total. The van der Waals surface area contributed by atoms with Gasteiger partial charge in [-0.3, -0.25) is 9.59 Å². The summed E-state index contributed by atoms with van der Waals surface area (Å²) >= 11 is 4.68. The first kappa shape index (κ1) is 13.6. The van der Waals surface area contributed by atoms with Gasteiger partial charge in [-0.15, -0.1) is 0 Å². The van der Waals surface area contributed by atoms with E-state index in [0.717, 1.165) is 5.57 Å². The number of thiocarbonyl (C=S) groups is 1. The SMILES string of the molecule is CC[C@@H](C(N)=O)N1CC(=CNCC=S)CC1=O. The van der Waals surface area contributed by atoms with Gasteiger partial charge in [0.25, 0.3) is 0 Å². The van der Waals surface area contributed by atoms with Gasteiger partial charge in [0, 0.05) is 13.1 Å². The number of carbonyl (C=O) groups excluding carboxylic acids is 2. The zero-order valence-corrected chi connectivity index (χ0v) is 10.6. The van der Waals surface area contributed by atoms with Crippen molar-refractivity contribution < 1.29 is 9.59 Å². The highest BCUT2D eigenvalue weighted by Gasteiger charge is 2.32. The minimum absolute atomic E-state index is 0.0500. The van der Waals surface area contributed by atoms with E-state index in [4.69, 9.17) is 5.73 Å². The molecule has 1 aliphatic rings. The number of carbonyl (C=O) groups is 2. The predicted octanol–water partition coefficient (Wildman–Crippen LogP) is -0.0442. The Bertz CT molecular complexity index is 355. The molecule has 1 heterocycles. The van der Waals surface area contributed by atoms with Gasteiger partial charge in [-0.25, -0.2) is 0 Å². The fraction of sp³-hybridized carbons (Fsp3) is 0.545. The highest BCUT2D eigenvalue weighted by atomic mass is 32.1. The highest BCUT2D eigenvalue weighted by Crippen LogP contribution is 2.20. The Morgan fingerprint density at radius 2 is 2.41 bits per heavy atom. The van der Waals surface area contributed by atoms with E-state index in [2.05, 4.69) is 17.5 Å². The van der Waals surface area contributed by atoms with Gasteiger partial charge in [-0.1, -0.05) is 19.1 Å². The zero-order valence-electron chi connectivity index (χ0n) is 9.81. The van der Waals surface area contributed by atoms with E-state index in [1.165, 1.54) is 4.90 Å². The average molecular weight is 255 g/mol. The van der Waals surface area contributed by atoms with Gasteiger partial charge >= 0.3 is 0 Å². The molecule has 1 saturated heterocycles. The molecule has 3 N–H and O–H groups in total. The van der Waals surface area contributed by atoms with Crippen LogP contribution < -0.4 is 11.1 Å². The number of likely N-dealkylation sites (tertiary alicyclic amines) is 1. The lowest BCUT2D eigenvalue weighted by atomic mass is 10.2. The standard InChI is InChI=1S/C11H17N3O2S/c1-2-9(11(12)16)14-7-8(5-10(14)15)6-13-3-4-17/h4,6,9,13H,2-3,5,7H2,1H3,(H2,12,16)/t9-/m0/s1. The van der Waals surface area contributed by atoms with Crippen LogP contribution in [0.25, 0.3) is 0 Å². The van der Waals surface area contributed by atoms with Crippen molar-refractivity contribution in [3.63, 3.8) is 0 Å². The van der Waals surface area contributed by atoms with Gasteiger partial charge in [0.2, 0.25) is 11.8 Å². The Morgan fingerprint density at radius 1 is 1.71 bits per heavy atom. The Kier molecular flexibility index (Phi) is 5.09. The molecule has 2 amide bonds. The van der Waals surface area contributed by atoms with E-state index >= 15 is 0 Å². The van der Waals surface area contributed by atoms with E-state index in [9.17, 15) is 9.59 Å². The monoisotopic (exact) mass is 255 g/mol. The lowest BCUT2D eigenvalue weighted by molar-refractivity contribution is -0.136. The minimum atomic E-state index is -0.501. The molecule has 0 aromatic carbocycles. The van der Waals surface area contributed by atoms with Crippen molar-refractivity contribution in [2.45, 2.75) is 25.8 Å². The summed E-state index contributed by atoms with van der Waals surface area (Å²) in [6.07, 6.45) is 2.67. The Hall–Kier alpha value is -1.43. The smallest absolute Gasteiger partial charge is 0.240 e. The van der Waals surface area contributed by atoms with E-state index in [-0.39, 0.29) is 5.91 Å². The van der Waals surface area contributed by atoms with Crippen LogP contribution in [0, 0.1) is 0 Å². The maximum atomic E-state index is 11.7. The van der Waals surface area contributed by atoms with Crippen molar-refractivity contribution in [3.8, 4) is 0 Å². The van der Waals surface area contributed by atoms with Gasteiger partial charge in [0.15, 0.2) is 0 Å². The van der Waals surface area contributed by atoms with Crippen LogP contribution in [0.4, 0.5) is 0 Å². The molecule has 1 aliphatic heterocycles. The van der Waals surface area contributed by atoms with E-state index in [0.29, 0.717) is 25.9 Å². The van der Waals surface area contributed by atoms with Gasteiger partial charge in [-0.2, -0.15) is 0 Å². The molecular formula is C11H17N3O2S. The first-order valence-corrected chi connectivity index (χ1v) is 6.01. The maximum absolute atomic E-state index is 11.7. The third-order valence-electron chi connectivity index (χ3n) is 2.67. The summed E-state index contributed by atoms with van der Waals surface area (Å²) in [6, 6.07) is -0.501. The van der Waals surface area contributed by atoms with Crippen LogP contribution in [-0.2, 0) is 9.59 Å². The number of nitrogens with zero attached hydrogens (tertiary/aromatic N) is 1. The second-order valence-corrected chi connectivity index (χ2v) is 4.24. The summed E-state index contributed by atoms with van der Waals surface area (Å²) in [5, 5.41) is 4.56. The molecule has 0 aromatic rings. The maximum Gasteiger partial charge on any atom is 0.240 e. The van der Waals surface area contributed by atoms with Crippen molar-refractivity contribution >= 4 is 29.4 Å². The summed E-state index contributed by atoms with van der Waals surface area (Å²) in [7, 11) is 0. The number of nitrogens with one attached hydrogen (secondary N) is 1. The molecule has 0 unspecified atom stereocenters. The summed E-state index contributed by atoms with van der Waals surface area (Å²) in [5.74, 6) is -0.500. The van der Waals surface area contributed by atoms with Crippen LogP contribution in [0.5, 0.6) is 0 Å². The van der Waals surface area contributed by atoms with Crippen LogP contribution in [0.1, 0.15) is 19.8 Å². The third-order valence-corrected chi connectivity index (χ3v) is 2.84. The van der Waals surface area contributed by atoms with Gasteiger partial charge in [-0.05, 0) is 23.6 Å². The summed E-state index contributed by atoms with van der Waals surface area (Å²) < 4.78 is 0. The zero-order chi connectivity index (χ0) is 12.8. The molecule has 0 aliphatic carbocycles. The van der Waals surface area contributed by atoms with Crippen LogP contribution in [-0.4, -0.2) is 41.2 Å². The Balaban J connectivity index is 2.66. The van der Waals surface area contributed by atoms with E-state index < -0.39 is 11.9 Å². The first-order chi connectivity index (χ1) is 8.10. The van der Waals surface area contributed by atoms with Crippen molar-refractivity contribution in [1.29, 1.82) is 0 Å². The predicted molar refractivity (Wildman–Crippen MR) is 69.3 cm³/mol. The number of hydrogen-bond acceptors (Lipinski definition) is 4. The molecule has 1 rings (SSSR count). The number of primary amides is 1. The molecule has 17 heavy (non-hydrogen) atoms. The summed E-state index contributed by atoms with van der Waals surface area (Å²) in [5.41, 5.74) is 6.22. The quantitative estimate of drug-likeness (QED) is 0.516. The molecule has 1 fully saturated rings. The van der Waals surface area contributed by atoms with Crippen molar-refractivity contribution in [2.75, 3.05) is 13.1 Å². The molecule has 1 atom stereocenters. The van der Waals surface area contributed by atoms with Crippen LogP contribution in [0.3, 0.4) is 0 Å². The Morgan fingerprint density at radius 3 is 2.94 bits per heavy atom. The summed E-state index contributed by atoms with van der Waals surface area (Å²) in [6.45, 7) is 2.89. The third kappa shape index (κ3) is 3.52. The number of nitrogens with two attached hydrogens (primary N) is 1. The summed E-state index contributed by atoms with van der Waals surface area (Å²) in [4.78, 5) is 24.5. The van der Waals surface area contributed by atoms with Crippen molar-refractivity contribution in [3.05, 3.63) is 11.8 Å². The average Bonchev–Trinajstić information content (AvgIpc) is 2.61. The normalized spacial score (nSPS) is 19.5. The van der Waals surface area contributed by atoms with E-state index in [1.807, 2.05) is 6.92 Å². The fourth-order valence-corrected chi connectivity index (χ4v) is 1.96. The molecule has 94 valence electrons. The molecule has 0 saturated carbocycles. The van der Waals surface area contributed by atoms with Crippen LogP contribution in [0.15, 0.2) is 11.8 Å². The molecular weight excluding hydrogens is 238 g/mol. The number of hydrogen-bond donors (Lipinski definition) is 2. The first-order valence-electron chi connectivity index (χ1n) is 5.53.